The van der Waals surface area contributed by atoms with Crippen LogP contribution in [0.25, 0.3) is 0 Å². The average molecular weight is 218 g/mol. The number of anilines is 2. The summed E-state index contributed by atoms with van der Waals surface area (Å²) in [6.07, 6.45) is 6.91. The van der Waals surface area contributed by atoms with E-state index in [1.807, 2.05) is 7.05 Å². The molecular formula is C14H22N2. The SMILES string of the molecule is CNc1ccc(N(C)C2CCCCC2)cc1. The lowest BCUT2D eigenvalue weighted by Gasteiger charge is -2.33. The molecule has 0 aromatic heterocycles. The summed E-state index contributed by atoms with van der Waals surface area (Å²) in [5, 5.41) is 3.15. The number of nitrogens with zero attached hydrogens (tertiary/aromatic N) is 1. The van der Waals surface area contributed by atoms with Crippen molar-refractivity contribution in [3.05, 3.63) is 24.3 Å². The number of benzene rings is 1. The molecule has 0 bridgehead atoms. The highest BCUT2D eigenvalue weighted by Gasteiger charge is 2.17. The van der Waals surface area contributed by atoms with Gasteiger partial charge in [0.2, 0.25) is 0 Å². The predicted octanol–water partition coefficient (Wildman–Crippen LogP) is 3.50. The fraction of sp³-hybridized carbons (Fsp3) is 0.571. The van der Waals surface area contributed by atoms with Crippen molar-refractivity contribution in [2.45, 2.75) is 38.1 Å². The maximum atomic E-state index is 3.15. The van der Waals surface area contributed by atoms with Crippen LogP contribution in [-0.4, -0.2) is 20.1 Å². The Hall–Kier alpha value is -1.18. The van der Waals surface area contributed by atoms with Crippen LogP contribution in [0.3, 0.4) is 0 Å². The fourth-order valence-corrected chi connectivity index (χ4v) is 2.54. The number of hydrogen-bond donors (Lipinski definition) is 1. The van der Waals surface area contributed by atoms with Gasteiger partial charge in [-0.15, -0.1) is 0 Å². The van der Waals surface area contributed by atoms with Gasteiger partial charge in [-0.25, -0.2) is 0 Å². The Morgan fingerprint density at radius 2 is 1.69 bits per heavy atom. The first kappa shape index (κ1) is 11.3. The molecule has 1 N–H and O–H groups in total. The van der Waals surface area contributed by atoms with Crippen LogP contribution in [0.1, 0.15) is 32.1 Å². The van der Waals surface area contributed by atoms with Crippen LogP contribution in [0.4, 0.5) is 11.4 Å². The van der Waals surface area contributed by atoms with Gasteiger partial charge in [0.05, 0.1) is 0 Å². The molecule has 0 spiro atoms. The first-order valence-corrected chi connectivity index (χ1v) is 6.32. The van der Waals surface area contributed by atoms with E-state index in [2.05, 4.69) is 41.5 Å². The summed E-state index contributed by atoms with van der Waals surface area (Å²) >= 11 is 0. The Kier molecular flexibility index (Phi) is 3.70. The molecule has 0 unspecified atom stereocenters. The summed E-state index contributed by atoms with van der Waals surface area (Å²) in [6.45, 7) is 0. The first-order valence-electron chi connectivity index (χ1n) is 6.32. The van der Waals surface area contributed by atoms with Gasteiger partial charge in [-0.2, -0.15) is 0 Å². The van der Waals surface area contributed by atoms with Gasteiger partial charge >= 0.3 is 0 Å². The minimum Gasteiger partial charge on any atom is -0.388 e. The van der Waals surface area contributed by atoms with Crippen LogP contribution >= 0.6 is 0 Å². The lowest BCUT2D eigenvalue weighted by atomic mass is 9.94. The second-order valence-electron chi connectivity index (χ2n) is 4.70. The van der Waals surface area contributed by atoms with Crippen molar-refractivity contribution in [3.63, 3.8) is 0 Å². The van der Waals surface area contributed by atoms with Crippen molar-refractivity contribution in [2.75, 3.05) is 24.3 Å². The van der Waals surface area contributed by atoms with E-state index in [0.717, 1.165) is 6.04 Å². The normalized spacial score (nSPS) is 17.1. The van der Waals surface area contributed by atoms with Crippen molar-refractivity contribution in [1.29, 1.82) is 0 Å². The van der Waals surface area contributed by atoms with Gasteiger partial charge in [0.25, 0.3) is 0 Å². The number of rotatable bonds is 3. The van der Waals surface area contributed by atoms with Crippen LogP contribution in [0.15, 0.2) is 24.3 Å². The molecule has 1 aliphatic carbocycles. The highest BCUT2D eigenvalue weighted by atomic mass is 15.1. The molecule has 2 nitrogen and oxygen atoms in total. The number of hydrogen-bond acceptors (Lipinski definition) is 2. The van der Waals surface area contributed by atoms with Gasteiger partial charge in [-0.05, 0) is 37.1 Å². The van der Waals surface area contributed by atoms with Gasteiger partial charge in [0, 0.05) is 31.5 Å². The van der Waals surface area contributed by atoms with Crippen LogP contribution in [0.2, 0.25) is 0 Å². The van der Waals surface area contributed by atoms with E-state index < -0.39 is 0 Å². The summed E-state index contributed by atoms with van der Waals surface area (Å²) in [5.74, 6) is 0. The summed E-state index contributed by atoms with van der Waals surface area (Å²) in [5.41, 5.74) is 2.52. The number of nitrogens with one attached hydrogen (secondary N) is 1. The standard InChI is InChI=1S/C14H22N2/c1-15-12-8-10-14(11-9-12)16(2)13-6-4-3-5-7-13/h8-11,13,15H,3-7H2,1-2H3. The molecule has 1 aliphatic rings. The molecule has 1 fully saturated rings. The molecule has 0 aliphatic heterocycles. The maximum Gasteiger partial charge on any atom is 0.0367 e. The van der Waals surface area contributed by atoms with Crippen molar-refractivity contribution in [2.24, 2.45) is 0 Å². The molecule has 0 saturated heterocycles. The van der Waals surface area contributed by atoms with Crippen molar-refractivity contribution in [1.82, 2.24) is 0 Å². The van der Waals surface area contributed by atoms with Gasteiger partial charge in [-0.1, -0.05) is 19.3 Å². The van der Waals surface area contributed by atoms with Crippen LogP contribution < -0.4 is 10.2 Å². The monoisotopic (exact) mass is 218 g/mol. The highest BCUT2D eigenvalue weighted by Crippen LogP contribution is 2.26. The van der Waals surface area contributed by atoms with Crippen LogP contribution in [-0.2, 0) is 0 Å². The van der Waals surface area contributed by atoms with E-state index in [4.69, 9.17) is 0 Å². The lowest BCUT2D eigenvalue weighted by Crippen LogP contribution is -2.33. The molecule has 0 amide bonds. The second kappa shape index (κ2) is 5.24. The van der Waals surface area contributed by atoms with Crippen LogP contribution in [0.5, 0.6) is 0 Å². The molecule has 1 aromatic carbocycles. The Morgan fingerprint density at radius 1 is 1.06 bits per heavy atom. The zero-order chi connectivity index (χ0) is 11.4. The lowest BCUT2D eigenvalue weighted by molar-refractivity contribution is 0.427. The van der Waals surface area contributed by atoms with E-state index in [1.54, 1.807) is 0 Å². The second-order valence-corrected chi connectivity index (χ2v) is 4.70. The predicted molar refractivity (Wildman–Crippen MR) is 71.3 cm³/mol. The van der Waals surface area contributed by atoms with Gasteiger partial charge in [0.1, 0.15) is 0 Å². The summed E-state index contributed by atoms with van der Waals surface area (Å²) in [7, 11) is 4.18. The third-order valence-corrected chi connectivity index (χ3v) is 3.69. The zero-order valence-corrected chi connectivity index (χ0v) is 10.4. The van der Waals surface area contributed by atoms with Crippen molar-refractivity contribution in [3.8, 4) is 0 Å². The molecule has 0 heterocycles. The van der Waals surface area contributed by atoms with Gasteiger partial charge in [0.15, 0.2) is 0 Å². The topological polar surface area (TPSA) is 15.3 Å². The molecule has 0 radical (unpaired) electrons. The Labute approximate surface area is 98.7 Å². The van der Waals surface area contributed by atoms with Crippen LogP contribution in [0, 0.1) is 0 Å². The molecular weight excluding hydrogens is 196 g/mol. The highest BCUT2D eigenvalue weighted by molar-refractivity contribution is 5.55. The smallest absolute Gasteiger partial charge is 0.0367 e. The largest absolute Gasteiger partial charge is 0.388 e. The summed E-state index contributed by atoms with van der Waals surface area (Å²) in [6, 6.07) is 9.46. The third-order valence-electron chi connectivity index (χ3n) is 3.69. The Balaban J connectivity index is 2.04. The van der Waals surface area contributed by atoms with E-state index in [1.165, 1.54) is 43.5 Å². The average Bonchev–Trinajstić information content (AvgIpc) is 2.39. The molecule has 16 heavy (non-hydrogen) atoms. The molecule has 1 aromatic rings. The van der Waals surface area contributed by atoms with E-state index in [0.29, 0.717) is 0 Å². The van der Waals surface area contributed by atoms with E-state index in [9.17, 15) is 0 Å². The zero-order valence-electron chi connectivity index (χ0n) is 10.4. The minimum absolute atomic E-state index is 0.745. The maximum absolute atomic E-state index is 3.15. The summed E-state index contributed by atoms with van der Waals surface area (Å²) in [4.78, 5) is 2.44. The fourth-order valence-electron chi connectivity index (χ4n) is 2.54. The van der Waals surface area contributed by atoms with E-state index >= 15 is 0 Å². The molecule has 2 heteroatoms. The van der Waals surface area contributed by atoms with Gasteiger partial charge < -0.3 is 10.2 Å². The van der Waals surface area contributed by atoms with Gasteiger partial charge in [-0.3, -0.25) is 0 Å². The first-order chi connectivity index (χ1) is 7.81. The molecule has 88 valence electrons. The molecule has 2 rings (SSSR count). The Bertz CT molecular complexity index is 312. The van der Waals surface area contributed by atoms with Crippen molar-refractivity contribution < 1.29 is 0 Å². The third kappa shape index (κ3) is 2.49. The molecule has 1 saturated carbocycles. The molecule has 0 atom stereocenters. The van der Waals surface area contributed by atoms with E-state index in [-0.39, 0.29) is 0 Å². The minimum atomic E-state index is 0.745. The summed E-state index contributed by atoms with van der Waals surface area (Å²) < 4.78 is 0. The quantitative estimate of drug-likeness (QED) is 0.835. The van der Waals surface area contributed by atoms with Crippen molar-refractivity contribution >= 4 is 11.4 Å². The Morgan fingerprint density at radius 3 is 2.25 bits per heavy atom.